The highest BCUT2D eigenvalue weighted by molar-refractivity contribution is 6.03. The zero-order valence-corrected chi connectivity index (χ0v) is 15.8. The fourth-order valence-corrected chi connectivity index (χ4v) is 3.33. The van der Waals surface area contributed by atoms with Gasteiger partial charge in [0.25, 0.3) is 0 Å². The molecule has 2 heterocycles. The van der Waals surface area contributed by atoms with Crippen molar-refractivity contribution in [2.75, 3.05) is 23.6 Å². The van der Waals surface area contributed by atoms with Crippen LogP contribution in [-0.2, 0) is 9.59 Å². The van der Waals surface area contributed by atoms with Crippen molar-refractivity contribution in [2.24, 2.45) is 5.92 Å². The third-order valence-corrected chi connectivity index (χ3v) is 4.66. The van der Waals surface area contributed by atoms with E-state index in [0.717, 1.165) is 11.4 Å². The average Bonchev–Trinajstić information content (AvgIpc) is 3.28. The Morgan fingerprint density at radius 1 is 1.14 bits per heavy atom. The van der Waals surface area contributed by atoms with Crippen molar-refractivity contribution in [1.29, 1.82) is 0 Å². The van der Waals surface area contributed by atoms with E-state index in [0.29, 0.717) is 23.7 Å². The Balaban J connectivity index is 1.40. The predicted octanol–water partition coefficient (Wildman–Crippen LogP) is 3.19. The Hall–Kier alpha value is -3.22. The normalized spacial score (nSPS) is 17.9. The van der Waals surface area contributed by atoms with Gasteiger partial charge in [-0.3, -0.25) is 9.59 Å². The van der Waals surface area contributed by atoms with E-state index < -0.39 is 5.92 Å². The van der Waals surface area contributed by atoms with Crippen molar-refractivity contribution in [3.8, 4) is 17.2 Å². The molecule has 1 fully saturated rings. The van der Waals surface area contributed by atoms with Crippen LogP contribution in [0.1, 0.15) is 20.3 Å². The Labute approximate surface area is 163 Å². The number of amides is 2. The first-order chi connectivity index (χ1) is 13.5. The topological polar surface area (TPSA) is 77.1 Å². The molecule has 4 rings (SSSR count). The summed E-state index contributed by atoms with van der Waals surface area (Å²) in [5, 5.41) is 2.86. The van der Waals surface area contributed by atoms with E-state index in [1.54, 1.807) is 23.1 Å². The van der Waals surface area contributed by atoms with Gasteiger partial charge in [0.15, 0.2) is 11.5 Å². The lowest BCUT2D eigenvalue weighted by molar-refractivity contribution is -0.122. The van der Waals surface area contributed by atoms with Crippen LogP contribution in [-0.4, -0.2) is 31.3 Å². The molecule has 1 N–H and O–H groups in total. The Morgan fingerprint density at radius 3 is 2.64 bits per heavy atom. The molecule has 2 aromatic carbocycles. The maximum Gasteiger partial charge on any atom is 0.231 e. The Morgan fingerprint density at radius 2 is 1.89 bits per heavy atom. The molecule has 2 aliphatic rings. The van der Waals surface area contributed by atoms with Gasteiger partial charge >= 0.3 is 0 Å². The van der Waals surface area contributed by atoms with Gasteiger partial charge in [0.1, 0.15) is 5.75 Å². The number of fused-ring (bicyclic) bond motifs is 1. The smallest absolute Gasteiger partial charge is 0.231 e. The molecule has 2 aliphatic heterocycles. The molecule has 0 aromatic heterocycles. The number of nitrogens with one attached hydrogen (secondary N) is 1. The van der Waals surface area contributed by atoms with Crippen molar-refractivity contribution in [3.05, 3.63) is 42.5 Å². The number of nitrogens with zero attached hydrogens (tertiary/aromatic N) is 1. The highest BCUT2D eigenvalue weighted by atomic mass is 16.7. The van der Waals surface area contributed by atoms with E-state index >= 15 is 0 Å². The molecule has 0 bridgehead atoms. The third-order valence-electron chi connectivity index (χ3n) is 4.66. The summed E-state index contributed by atoms with van der Waals surface area (Å²) in [6, 6.07) is 12.6. The van der Waals surface area contributed by atoms with Crippen molar-refractivity contribution >= 4 is 23.2 Å². The predicted molar refractivity (Wildman–Crippen MR) is 104 cm³/mol. The molecule has 7 heteroatoms. The van der Waals surface area contributed by atoms with Crippen LogP contribution >= 0.6 is 0 Å². The van der Waals surface area contributed by atoms with Gasteiger partial charge in [0.2, 0.25) is 18.6 Å². The van der Waals surface area contributed by atoms with Gasteiger partial charge in [-0.2, -0.15) is 0 Å². The summed E-state index contributed by atoms with van der Waals surface area (Å²) < 4.78 is 16.2. The number of benzene rings is 2. The average molecular weight is 382 g/mol. The van der Waals surface area contributed by atoms with Crippen LogP contribution in [0, 0.1) is 5.92 Å². The van der Waals surface area contributed by atoms with Crippen molar-refractivity contribution in [2.45, 2.75) is 26.4 Å². The minimum absolute atomic E-state index is 0.0663. The molecule has 0 spiro atoms. The fourth-order valence-electron chi connectivity index (χ4n) is 3.33. The molecule has 1 saturated heterocycles. The Kier molecular flexibility index (Phi) is 4.81. The van der Waals surface area contributed by atoms with Gasteiger partial charge in [-0.25, -0.2) is 0 Å². The van der Waals surface area contributed by atoms with E-state index in [-0.39, 0.29) is 31.1 Å². The molecule has 0 unspecified atom stereocenters. The van der Waals surface area contributed by atoms with E-state index in [2.05, 4.69) is 5.32 Å². The van der Waals surface area contributed by atoms with Crippen LogP contribution in [0.25, 0.3) is 0 Å². The first kappa shape index (κ1) is 18.2. The van der Waals surface area contributed by atoms with Gasteiger partial charge in [-0.1, -0.05) is 0 Å². The van der Waals surface area contributed by atoms with E-state index in [1.165, 1.54) is 0 Å². The standard InChI is InChI=1S/C21H22N2O5/c1-13(2)28-17-6-4-16(5-7-17)23-11-14(9-20(23)24)21(25)22-15-3-8-18-19(10-15)27-12-26-18/h3-8,10,13-14H,9,11-12H2,1-2H3,(H,22,25)/t14-/m1/s1. The lowest BCUT2D eigenvalue weighted by atomic mass is 10.1. The van der Waals surface area contributed by atoms with Crippen molar-refractivity contribution in [3.63, 3.8) is 0 Å². The first-order valence-corrected chi connectivity index (χ1v) is 9.27. The van der Waals surface area contributed by atoms with Crippen LogP contribution in [0.5, 0.6) is 17.2 Å². The second-order valence-electron chi connectivity index (χ2n) is 7.12. The third kappa shape index (κ3) is 3.74. The number of hydrogen-bond acceptors (Lipinski definition) is 5. The maximum atomic E-state index is 12.6. The molecule has 1 atom stereocenters. The summed E-state index contributed by atoms with van der Waals surface area (Å²) in [7, 11) is 0. The molecular formula is C21H22N2O5. The summed E-state index contributed by atoms with van der Waals surface area (Å²) in [5.41, 5.74) is 1.38. The summed E-state index contributed by atoms with van der Waals surface area (Å²) in [5.74, 6) is 1.35. The molecule has 28 heavy (non-hydrogen) atoms. The van der Waals surface area contributed by atoms with Crippen LogP contribution in [0.4, 0.5) is 11.4 Å². The Bertz CT molecular complexity index is 894. The van der Waals surface area contributed by atoms with E-state index in [9.17, 15) is 9.59 Å². The van der Waals surface area contributed by atoms with Crippen LogP contribution in [0.2, 0.25) is 0 Å². The molecule has 2 amide bonds. The lowest BCUT2D eigenvalue weighted by Gasteiger charge is -2.18. The summed E-state index contributed by atoms with van der Waals surface area (Å²) in [4.78, 5) is 26.7. The zero-order chi connectivity index (χ0) is 19.7. The molecule has 146 valence electrons. The largest absolute Gasteiger partial charge is 0.491 e. The lowest BCUT2D eigenvalue weighted by Crippen LogP contribution is -2.28. The highest BCUT2D eigenvalue weighted by Gasteiger charge is 2.35. The van der Waals surface area contributed by atoms with Gasteiger partial charge in [-0.15, -0.1) is 0 Å². The molecular weight excluding hydrogens is 360 g/mol. The fraction of sp³-hybridized carbons (Fsp3) is 0.333. The van der Waals surface area contributed by atoms with E-state index in [4.69, 9.17) is 14.2 Å². The second-order valence-corrected chi connectivity index (χ2v) is 7.12. The van der Waals surface area contributed by atoms with Gasteiger partial charge in [0.05, 0.1) is 12.0 Å². The SMILES string of the molecule is CC(C)Oc1ccc(N2C[C@H](C(=O)Nc3ccc4c(c3)OCO4)CC2=O)cc1. The minimum Gasteiger partial charge on any atom is -0.491 e. The van der Waals surface area contributed by atoms with Crippen LogP contribution in [0.15, 0.2) is 42.5 Å². The molecule has 7 nitrogen and oxygen atoms in total. The summed E-state index contributed by atoms with van der Waals surface area (Å²) in [6.45, 7) is 4.45. The second kappa shape index (κ2) is 7.42. The molecule has 0 radical (unpaired) electrons. The number of rotatable bonds is 5. The summed E-state index contributed by atoms with van der Waals surface area (Å²) >= 11 is 0. The quantitative estimate of drug-likeness (QED) is 0.859. The maximum absolute atomic E-state index is 12.6. The number of hydrogen-bond donors (Lipinski definition) is 1. The number of carbonyl (C=O) groups excluding carboxylic acids is 2. The highest BCUT2D eigenvalue weighted by Crippen LogP contribution is 2.35. The number of ether oxygens (including phenoxy) is 3. The van der Waals surface area contributed by atoms with Gasteiger partial charge < -0.3 is 24.4 Å². The van der Waals surface area contributed by atoms with E-state index in [1.807, 2.05) is 38.1 Å². The van der Waals surface area contributed by atoms with Crippen LogP contribution < -0.4 is 24.4 Å². The van der Waals surface area contributed by atoms with Crippen molar-refractivity contribution < 1.29 is 23.8 Å². The van der Waals surface area contributed by atoms with Gasteiger partial charge in [-0.05, 0) is 50.2 Å². The summed E-state index contributed by atoms with van der Waals surface area (Å²) in [6.07, 6.45) is 0.268. The van der Waals surface area contributed by atoms with Crippen molar-refractivity contribution in [1.82, 2.24) is 0 Å². The first-order valence-electron chi connectivity index (χ1n) is 9.27. The van der Waals surface area contributed by atoms with Gasteiger partial charge in [0, 0.05) is 30.4 Å². The minimum atomic E-state index is -0.412. The van der Waals surface area contributed by atoms with Crippen LogP contribution in [0.3, 0.4) is 0 Å². The molecule has 2 aromatic rings. The molecule has 0 aliphatic carbocycles. The molecule has 0 saturated carbocycles. The number of carbonyl (C=O) groups is 2. The number of anilines is 2. The zero-order valence-electron chi connectivity index (χ0n) is 15.8. The monoisotopic (exact) mass is 382 g/mol.